The zero-order valence-electron chi connectivity index (χ0n) is 22.5. The molecule has 0 amide bonds. The van der Waals surface area contributed by atoms with Crippen molar-refractivity contribution in [2.45, 2.75) is 79.8 Å². The highest BCUT2D eigenvalue weighted by Crippen LogP contribution is 2.61. The standard InChI is InChI=1S/C10H12O2.2C10H18O/c1-3-4-8-5-6-9(11)10(7-8)12-2;1-6-8-4-7(5-9(6)11)10(8,2)3;1-9(2)5-4-6-10(3)7-8-11/h3,5-7,11H,1,4H2,2H3;6-9,11H,4-5H2,1-3H3;5,7,11H,4,6,8H2,1-3H3/b;;10-7+. The smallest absolute Gasteiger partial charge is 0.160 e. The first kappa shape index (κ1) is 30.0. The van der Waals surface area contributed by atoms with Crippen LogP contribution in [0, 0.1) is 23.2 Å². The van der Waals surface area contributed by atoms with Crippen LogP contribution in [0.3, 0.4) is 0 Å². The molecule has 4 heteroatoms. The molecule has 1 aromatic carbocycles. The molecule has 0 aromatic heterocycles. The van der Waals surface area contributed by atoms with E-state index in [0.29, 0.717) is 17.1 Å². The summed E-state index contributed by atoms with van der Waals surface area (Å²) in [6, 6.07) is 5.27. The molecule has 3 aliphatic carbocycles. The van der Waals surface area contributed by atoms with Crippen LogP contribution in [-0.4, -0.2) is 35.1 Å². The lowest BCUT2D eigenvalue weighted by Gasteiger charge is -2.61. The van der Waals surface area contributed by atoms with Crippen LogP contribution in [0.5, 0.6) is 11.5 Å². The Labute approximate surface area is 208 Å². The van der Waals surface area contributed by atoms with Gasteiger partial charge in [0.05, 0.1) is 19.8 Å². The van der Waals surface area contributed by atoms with Gasteiger partial charge in [-0.05, 0) is 93.7 Å². The van der Waals surface area contributed by atoms with E-state index in [4.69, 9.17) is 9.84 Å². The molecule has 4 nitrogen and oxygen atoms in total. The Morgan fingerprint density at radius 3 is 2.32 bits per heavy atom. The third-order valence-electron chi connectivity index (χ3n) is 7.47. The number of fused-ring (bicyclic) bond motifs is 2. The summed E-state index contributed by atoms with van der Waals surface area (Å²) < 4.78 is 4.95. The molecule has 4 unspecified atom stereocenters. The lowest BCUT2D eigenvalue weighted by Crippen LogP contribution is -2.56. The fourth-order valence-corrected chi connectivity index (χ4v) is 4.98. The Balaban J connectivity index is 0.000000255. The van der Waals surface area contributed by atoms with E-state index in [9.17, 15) is 10.2 Å². The molecule has 1 aromatic rings. The fraction of sp³-hybridized carbons (Fsp3) is 0.600. The van der Waals surface area contributed by atoms with Gasteiger partial charge in [0.1, 0.15) is 0 Å². The zero-order valence-corrected chi connectivity index (χ0v) is 22.5. The molecular formula is C30H48O4. The van der Waals surface area contributed by atoms with Crippen LogP contribution >= 0.6 is 0 Å². The van der Waals surface area contributed by atoms with Crippen LogP contribution in [0.1, 0.15) is 72.8 Å². The van der Waals surface area contributed by atoms with Crippen molar-refractivity contribution in [3.8, 4) is 11.5 Å². The molecule has 0 aliphatic heterocycles. The van der Waals surface area contributed by atoms with Crippen LogP contribution in [0.2, 0.25) is 0 Å². The fourth-order valence-electron chi connectivity index (χ4n) is 4.98. The van der Waals surface area contributed by atoms with E-state index >= 15 is 0 Å². The summed E-state index contributed by atoms with van der Waals surface area (Å²) in [4.78, 5) is 0. The van der Waals surface area contributed by atoms with Gasteiger partial charge in [0.25, 0.3) is 0 Å². The normalized spacial score (nSPS) is 24.3. The first-order chi connectivity index (χ1) is 16.0. The number of aliphatic hydroxyl groups excluding tert-OH is 2. The second-order valence-electron chi connectivity index (χ2n) is 10.6. The third kappa shape index (κ3) is 8.96. The monoisotopic (exact) mass is 472 g/mol. The molecule has 3 fully saturated rings. The number of benzene rings is 1. The van der Waals surface area contributed by atoms with Crippen molar-refractivity contribution >= 4 is 0 Å². The van der Waals surface area contributed by atoms with Gasteiger partial charge in [0, 0.05) is 0 Å². The van der Waals surface area contributed by atoms with Gasteiger partial charge in [-0.1, -0.05) is 56.2 Å². The predicted octanol–water partition coefficient (Wildman–Crippen LogP) is 6.85. The molecule has 0 spiro atoms. The molecule has 192 valence electrons. The summed E-state index contributed by atoms with van der Waals surface area (Å²) in [5.41, 5.74) is 4.24. The molecule has 0 saturated heterocycles. The summed E-state index contributed by atoms with van der Waals surface area (Å²) in [6.45, 7) is 17.0. The van der Waals surface area contributed by atoms with Gasteiger partial charge in [0.2, 0.25) is 0 Å². The Morgan fingerprint density at radius 2 is 1.85 bits per heavy atom. The molecular weight excluding hydrogens is 424 g/mol. The maximum atomic E-state index is 9.61. The van der Waals surface area contributed by atoms with Crippen molar-refractivity contribution in [3.05, 3.63) is 59.7 Å². The summed E-state index contributed by atoms with van der Waals surface area (Å²) in [6.07, 6.45) is 11.2. The second-order valence-corrected chi connectivity index (χ2v) is 10.6. The Kier molecular flexibility index (Phi) is 12.7. The van der Waals surface area contributed by atoms with Crippen molar-refractivity contribution < 1.29 is 20.1 Å². The summed E-state index contributed by atoms with van der Waals surface area (Å²) in [7, 11) is 1.53. The molecule has 3 N–H and O–H groups in total. The number of phenolic OH excluding ortho intramolecular Hbond substituents is 1. The molecule has 0 heterocycles. The van der Waals surface area contributed by atoms with Gasteiger partial charge in [0.15, 0.2) is 11.5 Å². The number of ether oxygens (including phenoxy) is 1. The van der Waals surface area contributed by atoms with Crippen molar-refractivity contribution in [3.63, 3.8) is 0 Å². The number of hydrogen-bond acceptors (Lipinski definition) is 4. The highest BCUT2D eigenvalue weighted by molar-refractivity contribution is 5.42. The van der Waals surface area contributed by atoms with Gasteiger partial charge in [-0.25, -0.2) is 0 Å². The van der Waals surface area contributed by atoms with E-state index < -0.39 is 0 Å². The van der Waals surface area contributed by atoms with Gasteiger partial charge in [-0.3, -0.25) is 0 Å². The Hall–Kier alpha value is -2.04. The molecule has 3 aliphatic rings. The maximum Gasteiger partial charge on any atom is 0.160 e. The van der Waals surface area contributed by atoms with E-state index in [1.807, 2.05) is 18.2 Å². The number of aliphatic hydroxyl groups is 2. The summed E-state index contributed by atoms with van der Waals surface area (Å²) >= 11 is 0. The number of methoxy groups -OCH3 is 1. The molecule has 2 bridgehead atoms. The van der Waals surface area contributed by atoms with Crippen molar-refractivity contribution in [2.24, 2.45) is 23.2 Å². The van der Waals surface area contributed by atoms with Crippen molar-refractivity contribution in [1.29, 1.82) is 0 Å². The Bertz CT molecular complexity index is 817. The number of hydrogen-bond donors (Lipinski definition) is 3. The first-order valence-corrected chi connectivity index (χ1v) is 12.5. The highest BCUT2D eigenvalue weighted by Gasteiger charge is 2.55. The third-order valence-corrected chi connectivity index (χ3v) is 7.47. The van der Waals surface area contributed by atoms with Gasteiger partial charge in [-0.2, -0.15) is 0 Å². The van der Waals surface area contributed by atoms with E-state index in [-0.39, 0.29) is 18.5 Å². The molecule has 34 heavy (non-hydrogen) atoms. The highest BCUT2D eigenvalue weighted by atomic mass is 16.5. The average molecular weight is 473 g/mol. The average Bonchev–Trinajstić information content (AvgIpc) is 2.77. The van der Waals surface area contributed by atoms with E-state index in [1.54, 1.807) is 12.1 Å². The van der Waals surface area contributed by atoms with Gasteiger partial charge >= 0.3 is 0 Å². The number of rotatable bonds is 7. The van der Waals surface area contributed by atoms with E-state index in [2.05, 4.69) is 54.2 Å². The number of allylic oxidation sites excluding steroid dienone is 4. The molecule has 0 radical (unpaired) electrons. The molecule has 3 saturated carbocycles. The minimum absolute atomic E-state index is 0.00762. The lowest BCUT2D eigenvalue weighted by atomic mass is 9.45. The largest absolute Gasteiger partial charge is 0.504 e. The quantitative estimate of drug-likeness (QED) is 0.380. The topological polar surface area (TPSA) is 69.9 Å². The zero-order chi connectivity index (χ0) is 25.9. The van der Waals surface area contributed by atoms with Crippen LogP contribution in [0.25, 0.3) is 0 Å². The minimum atomic E-state index is -0.00762. The summed E-state index contributed by atoms with van der Waals surface area (Å²) in [5.74, 6) is 2.81. The Morgan fingerprint density at radius 1 is 1.18 bits per heavy atom. The van der Waals surface area contributed by atoms with Crippen LogP contribution in [0.15, 0.2) is 54.2 Å². The van der Waals surface area contributed by atoms with Gasteiger partial charge in [-0.15, -0.1) is 6.58 Å². The SMILES string of the molecule is C=CCc1ccc(O)c(OC)c1.CC(C)=CCC/C(C)=C/CO.CC1C(O)CC2CC1C2(C)C. The van der Waals surface area contributed by atoms with E-state index in [1.165, 1.54) is 24.7 Å². The second kappa shape index (κ2) is 14.4. The summed E-state index contributed by atoms with van der Waals surface area (Å²) in [5, 5.41) is 27.4. The number of phenols is 1. The predicted molar refractivity (Wildman–Crippen MR) is 143 cm³/mol. The van der Waals surface area contributed by atoms with Crippen LogP contribution < -0.4 is 4.74 Å². The van der Waals surface area contributed by atoms with Crippen molar-refractivity contribution in [2.75, 3.05) is 13.7 Å². The van der Waals surface area contributed by atoms with E-state index in [0.717, 1.165) is 43.1 Å². The maximum absolute atomic E-state index is 9.61. The molecule has 4 atom stereocenters. The van der Waals surface area contributed by atoms with Gasteiger partial charge < -0.3 is 20.1 Å². The minimum Gasteiger partial charge on any atom is -0.504 e. The van der Waals surface area contributed by atoms with Crippen LogP contribution in [0.4, 0.5) is 0 Å². The lowest BCUT2D eigenvalue weighted by molar-refractivity contribution is -0.154. The molecule has 4 rings (SSSR count). The number of aromatic hydroxyl groups is 1. The van der Waals surface area contributed by atoms with Crippen molar-refractivity contribution in [1.82, 2.24) is 0 Å². The first-order valence-electron chi connectivity index (χ1n) is 12.5. The van der Waals surface area contributed by atoms with Crippen LogP contribution in [-0.2, 0) is 6.42 Å².